The number of rotatable bonds is 6. The van der Waals surface area contributed by atoms with E-state index in [1.165, 1.54) is 6.07 Å². The van der Waals surface area contributed by atoms with Crippen LogP contribution in [0.25, 0.3) is 0 Å². The molecule has 0 amide bonds. The fraction of sp³-hybridized carbons (Fsp3) is 0.333. The summed E-state index contributed by atoms with van der Waals surface area (Å²) in [6.07, 6.45) is -0.106. The molecule has 3 heteroatoms. The van der Waals surface area contributed by atoms with Crippen molar-refractivity contribution in [3.63, 3.8) is 0 Å². The Morgan fingerprint density at radius 3 is 2.43 bits per heavy atom. The van der Waals surface area contributed by atoms with E-state index in [4.69, 9.17) is 4.74 Å². The zero-order chi connectivity index (χ0) is 15.2. The molecule has 2 rings (SSSR count). The topological polar surface area (TPSA) is 21.3 Å². The summed E-state index contributed by atoms with van der Waals surface area (Å²) in [6.45, 7) is 4.54. The summed E-state index contributed by atoms with van der Waals surface area (Å²) < 4.78 is 19.3. The molecule has 2 aromatic rings. The zero-order valence-corrected chi connectivity index (χ0v) is 12.8. The summed E-state index contributed by atoms with van der Waals surface area (Å²) in [5.74, 6) is -0.209. The monoisotopic (exact) mass is 287 g/mol. The zero-order valence-electron chi connectivity index (χ0n) is 12.8. The summed E-state index contributed by atoms with van der Waals surface area (Å²) in [7, 11) is 1.91. The minimum absolute atomic E-state index is 0.0204. The first-order chi connectivity index (χ1) is 10.2. The van der Waals surface area contributed by atoms with Crippen molar-refractivity contribution < 1.29 is 9.13 Å². The molecule has 112 valence electrons. The van der Waals surface area contributed by atoms with Crippen molar-refractivity contribution in [3.8, 4) is 0 Å². The van der Waals surface area contributed by atoms with Gasteiger partial charge in [-0.2, -0.15) is 0 Å². The smallest absolute Gasteiger partial charge is 0.123 e. The van der Waals surface area contributed by atoms with Crippen LogP contribution in [-0.2, 0) is 4.74 Å². The molecule has 2 aromatic carbocycles. The second kappa shape index (κ2) is 7.34. The molecule has 0 spiro atoms. The van der Waals surface area contributed by atoms with Gasteiger partial charge in [-0.15, -0.1) is 0 Å². The standard InChI is InChI=1S/C18H22FNO/c1-4-21-18(14-8-6-5-7-9-14)17(20-3)16-11-10-15(19)12-13(16)2/h5-12,17-18,20H,4H2,1-3H3. The van der Waals surface area contributed by atoms with Crippen molar-refractivity contribution >= 4 is 0 Å². The van der Waals surface area contributed by atoms with Crippen molar-refractivity contribution in [1.82, 2.24) is 5.32 Å². The van der Waals surface area contributed by atoms with Crippen LogP contribution in [0, 0.1) is 12.7 Å². The molecule has 0 aliphatic heterocycles. The first kappa shape index (κ1) is 15.7. The SMILES string of the molecule is CCOC(c1ccccc1)C(NC)c1ccc(F)cc1C. The summed E-state index contributed by atoms with van der Waals surface area (Å²) in [4.78, 5) is 0. The van der Waals surface area contributed by atoms with E-state index in [1.54, 1.807) is 6.07 Å². The Balaban J connectivity index is 2.40. The molecule has 0 saturated carbocycles. The van der Waals surface area contributed by atoms with Crippen LogP contribution in [0.15, 0.2) is 48.5 Å². The van der Waals surface area contributed by atoms with E-state index in [1.807, 2.05) is 45.2 Å². The van der Waals surface area contributed by atoms with Crippen LogP contribution < -0.4 is 5.32 Å². The van der Waals surface area contributed by atoms with Gasteiger partial charge in [0.2, 0.25) is 0 Å². The molecule has 2 unspecified atom stereocenters. The third-order valence-electron chi connectivity index (χ3n) is 3.65. The third-order valence-corrected chi connectivity index (χ3v) is 3.65. The van der Waals surface area contributed by atoms with E-state index in [9.17, 15) is 4.39 Å². The second-order valence-corrected chi connectivity index (χ2v) is 5.05. The average Bonchev–Trinajstić information content (AvgIpc) is 2.50. The Bertz CT molecular complexity index is 571. The summed E-state index contributed by atoms with van der Waals surface area (Å²) in [5, 5.41) is 3.31. The Morgan fingerprint density at radius 2 is 1.86 bits per heavy atom. The van der Waals surface area contributed by atoms with E-state index in [0.29, 0.717) is 6.61 Å². The van der Waals surface area contributed by atoms with Crippen LogP contribution in [-0.4, -0.2) is 13.7 Å². The number of likely N-dealkylation sites (N-methyl/N-ethyl adjacent to an activating group) is 1. The molecule has 0 heterocycles. The highest BCUT2D eigenvalue weighted by atomic mass is 19.1. The minimum atomic E-state index is -0.209. The number of aryl methyl sites for hydroxylation is 1. The number of hydrogen-bond acceptors (Lipinski definition) is 2. The molecule has 0 bridgehead atoms. The largest absolute Gasteiger partial charge is 0.372 e. The molecule has 2 atom stereocenters. The Kier molecular flexibility index (Phi) is 5.48. The number of nitrogens with one attached hydrogen (secondary N) is 1. The van der Waals surface area contributed by atoms with Gasteiger partial charge in [0.25, 0.3) is 0 Å². The van der Waals surface area contributed by atoms with E-state index < -0.39 is 0 Å². The summed E-state index contributed by atoms with van der Waals surface area (Å²) in [6, 6.07) is 15.0. The van der Waals surface area contributed by atoms with Crippen LogP contribution >= 0.6 is 0 Å². The fourth-order valence-electron chi connectivity index (χ4n) is 2.67. The molecule has 0 aliphatic carbocycles. The Morgan fingerprint density at radius 1 is 1.14 bits per heavy atom. The number of halogens is 1. The Hall–Kier alpha value is -1.71. The number of ether oxygens (including phenoxy) is 1. The normalized spacial score (nSPS) is 13.9. The molecule has 0 radical (unpaired) electrons. The van der Waals surface area contributed by atoms with Crippen molar-refractivity contribution in [1.29, 1.82) is 0 Å². The lowest BCUT2D eigenvalue weighted by molar-refractivity contribution is 0.0345. The van der Waals surface area contributed by atoms with Crippen molar-refractivity contribution in [3.05, 3.63) is 71.0 Å². The number of benzene rings is 2. The lowest BCUT2D eigenvalue weighted by Crippen LogP contribution is -2.26. The number of hydrogen-bond donors (Lipinski definition) is 1. The molecule has 0 fully saturated rings. The predicted molar refractivity (Wildman–Crippen MR) is 83.7 cm³/mol. The van der Waals surface area contributed by atoms with Crippen LogP contribution in [0.1, 0.15) is 35.8 Å². The predicted octanol–water partition coefficient (Wildman–Crippen LogP) is 4.17. The van der Waals surface area contributed by atoms with Crippen LogP contribution in [0.2, 0.25) is 0 Å². The minimum Gasteiger partial charge on any atom is -0.372 e. The van der Waals surface area contributed by atoms with E-state index in [2.05, 4.69) is 17.4 Å². The second-order valence-electron chi connectivity index (χ2n) is 5.05. The Labute approximate surface area is 126 Å². The molecule has 0 aliphatic rings. The third kappa shape index (κ3) is 3.69. The molecule has 0 saturated heterocycles. The fourth-order valence-corrected chi connectivity index (χ4v) is 2.67. The van der Waals surface area contributed by atoms with Gasteiger partial charge in [-0.05, 0) is 49.7 Å². The van der Waals surface area contributed by atoms with Gasteiger partial charge in [-0.3, -0.25) is 0 Å². The van der Waals surface area contributed by atoms with Gasteiger partial charge in [0, 0.05) is 6.61 Å². The van der Waals surface area contributed by atoms with Gasteiger partial charge in [0.15, 0.2) is 0 Å². The summed E-state index contributed by atoms with van der Waals surface area (Å²) in [5.41, 5.74) is 3.10. The highest BCUT2D eigenvalue weighted by Crippen LogP contribution is 2.33. The van der Waals surface area contributed by atoms with Crippen LogP contribution in [0.5, 0.6) is 0 Å². The summed E-state index contributed by atoms with van der Waals surface area (Å²) >= 11 is 0. The first-order valence-electron chi connectivity index (χ1n) is 7.27. The molecule has 1 N–H and O–H groups in total. The quantitative estimate of drug-likeness (QED) is 0.861. The highest BCUT2D eigenvalue weighted by Gasteiger charge is 2.25. The van der Waals surface area contributed by atoms with E-state index >= 15 is 0 Å². The van der Waals surface area contributed by atoms with Crippen LogP contribution in [0.3, 0.4) is 0 Å². The van der Waals surface area contributed by atoms with Crippen molar-refractivity contribution in [2.24, 2.45) is 0 Å². The van der Waals surface area contributed by atoms with Gasteiger partial charge in [-0.1, -0.05) is 36.4 Å². The van der Waals surface area contributed by atoms with Gasteiger partial charge in [0.05, 0.1) is 6.04 Å². The van der Waals surface area contributed by atoms with Crippen molar-refractivity contribution in [2.75, 3.05) is 13.7 Å². The maximum atomic E-state index is 13.3. The van der Waals surface area contributed by atoms with Gasteiger partial charge < -0.3 is 10.1 Å². The molecule has 21 heavy (non-hydrogen) atoms. The maximum absolute atomic E-state index is 13.3. The lowest BCUT2D eigenvalue weighted by atomic mass is 9.92. The van der Waals surface area contributed by atoms with E-state index in [0.717, 1.165) is 16.7 Å². The lowest BCUT2D eigenvalue weighted by Gasteiger charge is -2.28. The van der Waals surface area contributed by atoms with Crippen LogP contribution in [0.4, 0.5) is 4.39 Å². The van der Waals surface area contributed by atoms with Gasteiger partial charge >= 0.3 is 0 Å². The molecule has 0 aromatic heterocycles. The maximum Gasteiger partial charge on any atom is 0.123 e. The van der Waals surface area contributed by atoms with Gasteiger partial charge in [0.1, 0.15) is 11.9 Å². The molecular weight excluding hydrogens is 265 g/mol. The van der Waals surface area contributed by atoms with Gasteiger partial charge in [-0.25, -0.2) is 4.39 Å². The van der Waals surface area contributed by atoms with E-state index in [-0.39, 0.29) is 18.0 Å². The highest BCUT2D eigenvalue weighted by molar-refractivity contribution is 5.33. The molecular formula is C18H22FNO. The van der Waals surface area contributed by atoms with Crippen molar-refractivity contribution in [2.45, 2.75) is 26.0 Å². The first-order valence-corrected chi connectivity index (χ1v) is 7.27. The average molecular weight is 287 g/mol. The molecule has 2 nitrogen and oxygen atoms in total.